The minimum absolute atomic E-state index is 0.872. The average molecular weight is 425 g/mol. The van der Waals surface area contributed by atoms with E-state index in [0.29, 0.717) is 0 Å². The molecule has 0 bridgehead atoms. The number of aromatic nitrogens is 2. The summed E-state index contributed by atoms with van der Waals surface area (Å²) >= 11 is 0. The molecular weight excluding hydrogens is 388 g/mol. The number of hydrogen-bond donors (Lipinski definition) is 0. The minimum atomic E-state index is 0.872. The van der Waals surface area contributed by atoms with Gasteiger partial charge in [-0.3, -0.25) is 9.97 Å². The quantitative estimate of drug-likeness (QED) is 0.256. The van der Waals surface area contributed by atoms with E-state index in [9.17, 15) is 0 Å². The molecule has 0 amide bonds. The van der Waals surface area contributed by atoms with Crippen LogP contribution in [0.1, 0.15) is 101 Å². The van der Waals surface area contributed by atoms with Crippen molar-refractivity contribution in [1.29, 1.82) is 0 Å². The molecule has 0 unspecified atom stereocenters. The number of hydrogen-bond acceptors (Lipinski definition) is 2. The van der Waals surface area contributed by atoms with E-state index in [-0.39, 0.29) is 0 Å². The van der Waals surface area contributed by atoms with Gasteiger partial charge in [-0.05, 0) is 73.9 Å². The van der Waals surface area contributed by atoms with Gasteiger partial charge in [0.05, 0.1) is 11.4 Å². The third kappa shape index (κ3) is 11.3. The molecule has 2 heterocycles. The molecular formula is C30H36N2. The average Bonchev–Trinajstić information content (AvgIpc) is 2.83. The van der Waals surface area contributed by atoms with E-state index in [1.54, 1.807) is 12.4 Å². The van der Waals surface area contributed by atoms with Gasteiger partial charge in [-0.25, -0.2) is 0 Å². The summed E-state index contributed by atoms with van der Waals surface area (Å²) in [6.07, 6.45) is 24.7. The van der Waals surface area contributed by atoms with Crippen molar-refractivity contribution in [2.75, 3.05) is 0 Å². The first-order chi connectivity index (χ1) is 15.8. The number of unbranched alkanes of at least 4 members (excludes halogenated alkanes) is 8. The normalized spacial score (nSPS) is 10.7. The predicted molar refractivity (Wildman–Crippen MR) is 138 cm³/mol. The smallest absolute Gasteiger partial charge is 0.0627 e. The highest BCUT2D eigenvalue weighted by Gasteiger charge is 1.92. The van der Waals surface area contributed by atoms with Crippen molar-refractivity contribution in [3.63, 3.8) is 0 Å². The van der Waals surface area contributed by atoms with Crippen LogP contribution in [-0.2, 0) is 0 Å². The molecule has 2 aromatic rings. The zero-order valence-electron chi connectivity index (χ0n) is 19.7. The lowest BCUT2D eigenvalue weighted by molar-refractivity contribution is 0.675. The molecule has 0 saturated heterocycles. The summed E-state index contributed by atoms with van der Waals surface area (Å²) in [5.41, 5.74) is 3.69. The Morgan fingerprint density at radius 3 is 1.47 bits per heavy atom. The van der Waals surface area contributed by atoms with Crippen LogP contribution >= 0.6 is 0 Å². The highest BCUT2D eigenvalue weighted by molar-refractivity contribution is 5.49. The van der Waals surface area contributed by atoms with Crippen LogP contribution in [-0.4, -0.2) is 9.97 Å². The molecule has 2 aromatic heterocycles. The first-order valence-corrected chi connectivity index (χ1v) is 12.1. The standard InChI is InChI=1S/C30H36N2/c1-3-5-7-9-11-13-19-29-23-21-27(25-31-29)17-15-16-18-28-22-24-30(32-26-28)20-14-12-10-8-6-4-2/h13-14,19-26H,3-12H2,1-2H3/b19-13+,20-14+. The Balaban J connectivity index is 1.78. The Hall–Kier alpha value is -3.10. The molecule has 0 radical (unpaired) electrons. The highest BCUT2D eigenvalue weighted by Crippen LogP contribution is 2.07. The Bertz CT molecular complexity index is 861. The molecule has 32 heavy (non-hydrogen) atoms. The van der Waals surface area contributed by atoms with Gasteiger partial charge in [0, 0.05) is 23.5 Å². The topological polar surface area (TPSA) is 25.8 Å². The number of allylic oxidation sites excluding steroid dienone is 2. The first kappa shape index (κ1) is 25.2. The minimum Gasteiger partial charge on any atom is -0.256 e. The second-order valence-electron chi connectivity index (χ2n) is 7.95. The number of pyridine rings is 2. The van der Waals surface area contributed by atoms with E-state index in [0.717, 1.165) is 35.4 Å². The fourth-order valence-electron chi connectivity index (χ4n) is 3.15. The summed E-state index contributed by atoms with van der Waals surface area (Å²) in [4.78, 5) is 8.90. The molecule has 2 rings (SSSR count). The third-order valence-corrected chi connectivity index (χ3v) is 5.07. The monoisotopic (exact) mass is 424 g/mol. The van der Waals surface area contributed by atoms with Crippen LogP contribution in [0.5, 0.6) is 0 Å². The van der Waals surface area contributed by atoms with Gasteiger partial charge in [0.2, 0.25) is 0 Å². The van der Waals surface area contributed by atoms with Gasteiger partial charge in [0.15, 0.2) is 0 Å². The van der Waals surface area contributed by atoms with Gasteiger partial charge in [-0.15, -0.1) is 0 Å². The van der Waals surface area contributed by atoms with Crippen molar-refractivity contribution < 1.29 is 0 Å². The van der Waals surface area contributed by atoms with E-state index < -0.39 is 0 Å². The van der Waals surface area contributed by atoms with Crippen molar-refractivity contribution in [3.8, 4) is 23.7 Å². The molecule has 2 heteroatoms. The lowest BCUT2D eigenvalue weighted by Crippen LogP contribution is -1.83. The van der Waals surface area contributed by atoms with Gasteiger partial charge in [-0.1, -0.05) is 76.4 Å². The Morgan fingerprint density at radius 2 is 1.09 bits per heavy atom. The zero-order chi connectivity index (χ0) is 22.7. The summed E-state index contributed by atoms with van der Waals surface area (Å²) in [6.45, 7) is 4.47. The number of nitrogens with zero attached hydrogens (tertiary/aromatic N) is 2. The molecule has 0 N–H and O–H groups in total. The third-order valence-electron chi connectivity index (χ3n) is 5.07. The van der Waals surface area contributed by atoms with E-state index in [1.165, 1.54) is 51.4 Å². The van der Waals surface area contributed by atoms with E-state index in [1.807, 2.05) is 24.3 Å². The highest BCUT2D eigenvalue weighted by atomic mass is 14.7. The van der Waals surface area contributed by atoms with Crippen LogP contribution in [0.4, 0.5) is 0 Å². The van der Waals surface area contributed by atoms with Gasteiger partial charge >= 0.3 is 0 Å². The largest absolute Gasteiger partial charge is 0.256 e. The van der Waals surface area contributed by atoms with Crippen LogP contribution < -0.4 is 0 Å². The maximum Gasteiger partial charge on any atom is 0.0627 e. The molecule has 0 saturated carbocycles. The Morgan fingerprint density at radius 1 is 0.625 bits per heavy atom. The summed E-state index contributed by atoms with van der Waals surface area (Å²) in [5, 5.41) is 0. The van der Waals surface area contributed by atoms with E-state index in [2.05, 4.69) is 71.8 Å². The molecule has 0 aliphatic heterocycles. The van der Waals surface area contributed by atoms with Crippen LogP contribution in [0.2, 0.25) is 0 Å². The Labute approximate surface area is 195 Å². The van der Waals surface area contributed by atoms with Crippen molar-refractivity contribution in [3.05, 3.63) is 71.3 Å². The zero-order valence-corrected chi connectivity index (χ0v) is 19.7. The van der Waals surface area contributed by atoms with Crippen LogP contribution in [0, 0.1) is 23.7 Å². The fraction of sp³-hybridized carbons (Fsp3) is 0.400. The van der Waals surface area contributed by atoms with Crippen molar-refractivity contribution in [2.45, 2.75) is 78.1 Å². The van der Waals surface area contributed by atoms with E-state index in [4.69, 9.17) is 0 Å². The maximum atomic E-state index is 4.45. The molecule has 0 aliphatic rings. The molecule has 166 valence electrons. The fourth-order valence-corrected chi connectivity index (χ4v) is 3.15. The molecule has 0 aliphatic carbocycles. The Kier molecular flexibility index (Phi) is 13.0. The van der Waals surface area contributed by atoms with Gasteiger partial charge in [0.1, 0.15) is 0 Å². The van der Waals surface area contributed by atoms with Crippen molar-refractivity contribution in [2.24, 2.45) is 0 Å². The van der Waals surface area contributed by atoms with Crippen molar-refractivity contribution >= 4 is 12.2 Å². The first-order valence-electron chi connectivity index (χ1n) is 12.1. The van der Waals surface area contributed by atoms with Crippen molar-refractivity contribution in [1.82, 2.24) is 9.97 Å². The summed E-state index contributed by atoms with van der Waals surface area (Å²) < 4.78 is 0. The van der Waals surface area contributed by atoms with Crippen LogP contribution in [0.3, 0.4) is 0 Å². The van der Waals surface area contributed by atoms with Gasteiger partial charge in [-0.2, -0.15) is 0 Å². The SMILES string of the molecule is CCCCCC/C=C/c1ccc(C#CC#Cc2ccc(/C=C/CCCCCC)nc2)cn1. The lowest BCUT2D eigenvalue weighted by atomic mass is 10.1. The molecule has 0 aromatic carbocycles. The number of rotatable bonds is 12. The molecule has 0 atom stereocenters. The molecule has 2 nitrogen and oxygen atoms in total. The van der Waals surface area contributed by atoms with E-state index >= 15 is 0 Å². The van der Waals surface area contributed by atoms with Gasteiger partial charge in [0.25, 0.3) is 0 Å². The maximum absolute atomic E-state index is 4.45. The summed E-state index contributed by atoms with van der Waals surface area (Å²) in [6, 6.07) is 7.98. The second-order valence-corrected chi connectivity index (χ2v) is 7.95. The molecule has 0 spiro atoms. The van der Waals surface area contributed by atoms with Crippen LogP contribution in [0.15, 0.2) is 48.8 Å². The van der Waals surface area contributed by atoms with Gasteiger partial charge < -0.3 is 0 Å². The lowest BCUT2D eigenvalue weighted by Gasteiger charge is -1.95. The summed E-state index contributed by atoms with van der Waals surface area (Å²) in [7, 11) is 0. The van der Waals surface area contributed by atoms with Crippen LogP contribution in [0.25, 0.3) is 12.2 Å². The molecule has 0 fully saturated rings. The predicted octanol–water partition coefficient (Wildman–Crippen LogP) is 7.85. The second kappa shape index (κ2) is 16.6. The summed E-state index contributed by atoms with van der Waals surface area (Å²) in [5.74, 6) is 11.9.